The molecule has 0 unspecified atom stereocenters. The highest BCUT2D eigenvalue weighted by Crippen LogP contribution is 2.28. The number of nitrogens with one attached hydrogen (secondary N) is 1. The zero-order valence-electron chi connectivity index (χ0n) is 20.1. The van der Waals surface area contributed by atoms with Gasteiger partial charge in [-0.3, -0.25) is 14.7 Å². The van der Waals surface area contributed by atoms with E-state index in [9.17, 15) is 14.0 Å². The Labute approximate surface area is 206 Å². The fourth-order valence-corrected chi connectivity index (χ4v) is 3.71. The number of amides is 2. The van der Waals surface area contributed by atoms with Gasteiger partial charge in [-0.15, -0.1) is 0 Å². The molecule has 4 rings (SSSR count). The number of imidazole rings is 1. The van der Waals surface area contributed by atoms with Crippen molar-refractivity contribution in [3.05, 3.63) is 71.9 Å². The highest BCUT2D eigenvalue weighted by atomic mass is 19.1. The summed E-state index contributed by atoms with van der Waals surface area (Å²) >= 11 is 0. The number of carbonyl (C=O) groups is 2. The Hall–Kier alpha value is -4.51. The van der Waals surface area contributed by atoms with Crippen LogP contribution in [0, 0.1) is 5.82 Å². The molecule has 0 saturated carbocycles. The second-order valence-electron chi connectivity index (χ2n) is 7.75. The molecule has 2 amide bonds. The van der Waals surface area contributed by atoms with Gasteiger partial charge in [0.1, 0.15) is 12.1 Å². The first kappa shape index (κ1) is 24.6. The first-order valence-electron chi connectivity index (χ1n) is 10.8. The molecule has 0 atom stereocenters. The molecule has 36 heavy (non-hydrogen) atoms. The minimum absolute atomic E-state index is 0.0402. The zero-order valence-corrected chi connectivity index (χ0v) is 20.1. The molecule has 186 valence electrons. The SMILES string of the molecule is COCc1cc(C(=O)N(C)c2ccc(F)c(OC)c2)cc2c1ncn2-c1ccc(NC(=O)OC)nc1. The van der Waals surface area contributed by atoms with Crippen LogP contribution in [0.15, 0.2) is 55.0 Å². The smallest absolute Gasteiger partial charge is 0.412 e. The minimum atomic E-state index is -0.626. The summed E-state index contributed by atoms with van der Waals surface area (Å²) in [6.07, 6.45) is 2.56. The number of hydrogen-bond acceptors (Lipinski definition) is 7. The van der Waals surface area contributed by atoms with Crippen molar-refractivity contribution in [1.29, 1.82) is 0 Å². The number of hydrogen-bond donors (Lipinski definition) is 1. The van der Waals surface area contributed by atoms with Crippen LogP contribution in [0.4, 0.5) is 20.7 Å². The number of fused-ring (bicyclic) bond motifs is 1. The van der Waals surface area contributed by atoms with Crippen LogP contribution in [0.25, 0.3) is 16.7 Å². The van der Waals surface area contributed by atoms with Gasteiger partial charge in [0.05, 0.1) is 43.7 Å². The maximum Gasteiger partial charge on any atom is 0.412 e. The molecule has 0 fully saturated rings. The number of pyridine rings is 1. The lowest BCUT2D eigenvalue weighted by atomic mass is 10.1. The Morgan fingerprint density at radius 1 is 1.08 bits per heavy atom. The Kier molecular flexibility index (Phi) is 7.11. The molecule has 0 spiro atoms. The zero-order chi connectivity index (χ0) is 25.8. The molecule has 0 saturated heterocycles. The number of rotatable bonds is 7. The molecule has 2 heterocycles. The molecule has 2 aromatic heterocycles. The Bertz CT molecular complexity index is 1420. The molecule has 0 aliphatic heterocycles. The van der Waals surface area contributed by atoms with Gasteiger partial charge in [0.15, 0.2) is 11.6 Å². The molecule has 1 N–H and O–H groups in total. The standard InChI is InChI=1S/C25H24FN5O5/c1-30(17-5-7-19(26)21(11-17)35-3)24(32)15-9-16(13-34-2)23-20(10-15)31(14-28-23)18-6-8-22(27-12-18)29-25(33)36-4/h5-12,14H,13H2,1-4H3,(H,27,29,33). The van der Waals surface area contributed by atoms with Crippen molar-refractivity contribution in [2.75, 3.05) is 38.6 Å². The first-order chi connectivity index (χ1) is 17.4. The topological polar surface area (TPSA) is 108 Å². The molecule has 4 aromatic rings. The Morgan fingerprint density at radius 2 is 1.89 bits per heavy atom. The fraction of sp³-hybridized carbons (Fsp3) is 0.200. The van der Waals surface area contributed by atoms with E-state index in [1.807, 2.05) is 0 Å². The molecule has 2 aromatic carbocycles. The van der Waals surface area contributed by atoms with Gasteiger partial charge in [-0.05, 0) is 36.4 Å². The Balaban J connectivity index is 1.74. The lowest BCUT2D eigenvalue weighted by Crippen LogP contribution is -2.26. The number of methoxy groups -OCH3 is 3. The molecule has 0 radical (unpaired) electrons. The second kappa shape index (κ2) is 10.4. The number of halogens is 1. The van der Waals surface area contributed by atoms with E-state index >= 15 is 0 Å². The average Bonchev–Trinajstić information content (AvgIpc) is 3.33. The van der Waals surface area contributed by atoms with Crippen molar-refractivity contribution >= 4 is 34.5 Å². The minimum Gasteiger partial charge on any atom is -0.494 e. The molecular weight excluding hydrogens is 469 g/mol. The average molecular weight is 493 g/mol. The van der Waals surface area contributed by atoms with Crippen molar-refractivity contribution < 1.29 is 28.2 Å². The van der Waals surface area contributed by atoms with Gasteiger partial charge >= 0.3 is 6.09 Å². The predicted octanol–water partition coefficient (Wildman–Crippen LogP) is 4.17. The van der Waals surface area contributed by atoms with Crippen molar-refractivity contribution in [3.8, 4) is 11.4 Å². The summed E-state index contributed by atoms with van der Waals surface area (Å²) in [5.74, 6) is -0.469. The van der Waals surface area contributed by atoms with Crippen molar-refractivity contribution in [3.63, 3.8) is 0 Å². The van der Waals surface area contributed by atoms with Gasteiger partial charge in [-0.25, -0.2) is 19.2 Å². The summed E-state index contributed by atoms with van der Waals surface area (Å²) < 4.78 is 30.6. The van der Waals surface area contributed by atoms with E-state index in [1.165, 1.54) is 37.3 Å². The van der Waals surface area contributed by atoms with E-state index in [4.69, 9.17) is 9.47 Å². The molecule has 0 aliphatic rings. The number of benzene rings is 2. The second-order valence-corrected chi connectivity index (χ2v) is 7.75. The lowest BCUT2D eigenvalue weighted by molar-refractivity contribution is 0.0992. The van der Waals surface area contributed by atoms with E-state index in [0.29, 0.717) is 33.8 Å². The number of aromatic nitrogens is 3. The quantitative estimate of drug-likeness (QED) is 0.412. The van der Waals surface area contributed by atoms with Crippen LogP contribution in [0.5, 0.6) is 5.75 Å². The fourth-order valence-electron chi connectivity index (χ4n) is 3.71. The summed E-state index contributed by atoms with van der Waals surface area (Å²) in [5, 5.41) is 2.49. The van der Waals surface area contributed by atoms with Gasteiger partial charge in [0, 0.05) is 37.0 Å². The van der Waals surface area contributed by atoms with E-state index in [2.05, 4.69) is 20.0 Å². The number of nitrogens with zero attached hydrogens (tertiary/aromatic N) is 4. The van der Waals surface area contributed by atoms with E-state index < -0.39 is 11.9 Å². The highest BCUT2D eigenvalue weighted by molar-refractivity contribution is 6.07. The molecule has 0 bridgehead atoms. The van der Waals surface area contributed by atoms with Gasteiger partial charge in [0.2, 0.25) is 0 Å². The third kappa shape index (κ3) is 4.82. The maximum atomic E-state index is 13.9. The van der Waals surface area contributed by atoms with Crippen LogP contribution in [0.3, 0.4) is 0 Å². The van der Waals surface area contributed by atoms with Gasteiger partial charge < -0.3 is 19.1 Å². The van der Waals surface area contributed by atoms with Crippen LogP contribution in [-0.4, -0.2) is 54.9 Å². The number of anilines is 2. The van der Waals surface area contributed by atoms with Crippen molar-refractivity contribution in [2.45, 2.75) is 6.61 Å². The maximum absolute atomic E-state index is 13.9. The molecule has 11 heteroatoms. The lowest BCUT2D eigenvalue weighted by Gasteiger charge is -2.19. The predicted molar refractivity (Wildman–Crippen MR) is 131 cm³/mol. The third-order valence-electron chi connectivity index (χ3n) is 5.55. The van der Waals surface area contributed by atoms with E-state index in [-0.39, 0.29) is 18.3 Å². The summed E-state index contributed by atoms with van der Waals surface area (Å²) in [6, 6.07) is 11.0. The Morgan fingerprint density at radius 3 is 2.56 bits per heavy atom. The summed E-state index contributed by atoms with van der Waals surface area (Å²) in [4.78, 5) is 35.0. The molecule has 0 aliphatic carbocycles. The molecular formula is C25H24FN5O5. The monoisotopic (exact) mass is 493 g/mol. The van der Waals surface area contributed by atoms with Gasteiger partial charge in [0.25, 0.3) is 5.91 Å². The van der Waals surface area contributed by atoms with Crippen LogP contribution in [0.1, 0.15) is 15.9 Å². The van der Waals surface area contributed by atoms with E-state index in [1.54, 1.807) is 55.5 Å². The van der Waals surface area contributed by atoms with Crippen LogP contribution < -0.4 is 15.0 Å². The normalized spacial score (nSPS) is 10.8. The molecule has 10 nitrogen and oxygen atoms in total. The van der Waals surface area contributed by atoms with Crippen LogP contribution >= 0.6 is 0 Å². The van der Waals surface area contributed by atoms with Gasteiger partial charge in [-0.1, -0.05) is 0 Å². The largest absolute Gasteiger partial charge is 0.494 e. The van der Waals surface area contributed by atoms with Gasteiger partial charge in [-0.2, -0.15) is 0 Å². The summed E-state index contributed by atoms with van der Waals surface area (Å²) in [7, 11) is 5.79. The number of carbonyl (C=O) groups excluding carboxylic acids is 2. The third-order valence-corrected chi connectivity index (χ3v) is 5.55. The number of ether oxygens (including phenoxy) is 3. The van der Waals surface area contributed by atoms with Crippen molar-refractivity contribution in [2.24, 2.45) is 0 Å². The van der Waals surface area contributed by atoms with Crippen LogP contribution in [0.2, 0.25) is 0 Å². The van der Waals surface area contributed by atoms with E-state index in [0.717, 1.165) is 5.56 Å². The summed E-state index contributed by atoms with van der Waals surface area (Å²) in [5.41, 5.74) is 3.57. The van der Waals surface area contributed by atoms with Crippen molar-refractivity contribution in [1.82, 2.24) is 14.5 Å². The first-order valence-corrected chi connectivity index (χ1v) is 10.8. The highest BCUT2D eigenvalue weighted by Gasteiger charge is 2.20. The van der Waals surface area contributed by atoms with Crippen LogP contribution in [-0.2, 0) is 16.1 Å². The summed E-state index contributed by atoms with van der Waals surface area (Å²) in [6.45, 7) is 0.239.